The highest BCUT2D eigenvalue weighted by molar-refractivity contribution is 6.04. The van der Waals surface area contributed by atoms with Gasteiger partial charge in [-0.2, -0.15) is 0 Å². The monoisotopic (exact) mass is 413 g/mol. The first kappa shape index (κ1) is 21.9. The van der Waals surface area contributed by atoms with Gasteiger partial charge in [-0.05, 0) is 50.3 Å². The summed E-state index contributed by atoms with van der Waals surface area (Å²) in [7, 11) is 3.14. The van der Waals surface area contributed by atoms with Crippen LogP contribution in [0.25, 0.3) is 0 Å². The van der Waals surface area contributed by atoms with E-state index in [1.54, 1.807) is 20.3 Å². The molecule has 2 aliphatic rings. The number of dihydropyridines is 1. The molecule has 3 rings (SSSR count). The summed E-state index contributed by atoms with van der Waals surface area (Å²) >= 11 is 0. The lowest BCUT2D eigenvalue weighted by Crippen LogP contribution is -2.39. The summed E-state index contributed by atoms with van der Waals surface area (Å²) in [6.07, 6.45) is 0.908. The number of ketones is 1. The highest BCUT2D eigenvalue weighted by Gasteiger charge is 2.43. The van der Waals surface area contributed by atoms with Crippen LogP contribution in [-0.2, 0) is 14.3 Å². The Morgan fingerprint density at radius 2 is 1.80 bits per heavy atom. The lowest BCUT2D eigenvalue weighted by atomic mass is 9.68. The molecule has 0 unspecified atom stereocenters. The fourth-order valence-corrected chi connectivity index (χ4v) is 4.35. The van der Waals surface area contributed by atoms with E-state index in [9.17, 15) is 9.59 Å². The summed E-state index contributed by atoms with van der Waals surface area (Å²) in [5, 5.41) is 3.34. The number of hydrogen-bond donors (Lipinski definition) is 1. The lowest BCUT2D eigenvalue weighted by molar-refractivity contribution is -0.143. The molecule has 162 valence electrons. The van der Waals surface area contributed by atoms with Crippen molar-refractivity contribution >= 4 is 11.8 Å². The van der Waals surface area contributed by atoms with E-state index in [4.69, 9.17) is 14.2 Å². The van der Waals surface area contributed by atoms with Gasteiger partial charge in [0.1, 0.15) is 0 Å². The Hall–Kier alpha value is -2.76. The number of carbonyl (C=O) groups excluding carboxylic acids is 2. The third kappa shape index (κ3) is 4.09. The second-order valence-electron chi connectivity index (χ2n) is 9.00. The fourth-order valence-electron chi connectivity index (χ4n) is 4.35. The van der Waals surface area contributed by atoms with Crippen LogP contribution in [0.1, 0.15) is 58.9 Å². The highest BCUT2D eigenvalue weighted by atomic mass is 16.5. The van der Waals surface area contributed by atoms with Gasteiger partial charge in [0.2, 0.25) is 0 Å². The van der Waals surface area contributed by atoms with E-state index in [-0.39, 0.29) is 17.3 Å². The Morgan fingerprint density at radius 3 is 2.40 bits per heavy atom. The van der Waals surface area contributed by atoms with Crippen molar-refractivity contribution in [3.05, 3.63) is 46.3 Å². The van der Waals surface area contributed by atoms with Crippen molar-refractivity contribution in [2.24, 2.45) is 5.41 Å². The standard InChI is InChI=1S/C24H31NO5/c1-13(2)30-23(27)20-14(3)25-16-11-24(4,5)12-17(26)22(16)21(20)15-8-9-18(28-6)19(10-15)29-7/h8-10,13,21,25H,11-12H2,1-7H3/t21-/m0/s1. The van der Waals surface area contributed by atoms with Crippen molar-refractivity contribution in [2.75, 3.05) is 14.2 Å². The van der Waals surface area contributed by atoms with Gasteiger partial charge < -0.3 is 19.5 Å². The van der Waals surface area contributed by atoms with Crippen molar-refractivity contribution in [3.8, 4) is 11.5 Å². The van der Waals surface area contributed by atoms with Crippen molar-refractivity contribution in [1.29, 1.82) is 0 Å². The van der Waals surface area contributed by atoms with Crippen LogP contribution in [0.15, 0.2) is 40.7 Å². The van der Waals surface area contributed by atoms with Gasteiger partial charge in [0.25, 0.3) is 0 Å². The largest absolute Gasteiger partial charge is 0.493 e. The first-order chi connectivity index (χ1) is 14.1. The quantitative estimate of drug-likeness (QED) is 0.727. The minimum Gasteiger partial charge on any atom is -0.493 e. The average Bonchev–Trinajstić information content (AvgIpc) is 2.64. The van der Waals surface area contributed by atoms with Crippen molar-refractivity contribution < 1.29 is 23.8 Å². The van der Waals surface area contributed by atoms with Gasteiger partial charge in [-0.1, -0.05) is 19.9 Å². The van der Waals surface area contributed by atoms with E-state index >= 15 is 0 Å². The van der Waals surface area contributed by atoms with Crippen LogP contribution in [0, 0.1) is 5.41 Å². The Kier molecular flexibility index (Phi) is 5.97. The smallest absolute Gasteiger partial charge is 0.337 e. The third-order valence-electron chi connectivity index (χ3n) is 5.54. The summed E-state index contributed by atoms with van der Waals surface area (Å²) in [6, 6.07) is 5.52. The van der Waals surface area contributed by atoms with E-state index < -0.39 is 11.9 Å². The van der Waals surface area contributed by atoms with Crippen LogP contribution in [0.2, 0.25) is 0 Å². The summed E-state index contributed by atoms with van der Waals surface area (Å²) < 4.78 is 16.4. The predicted octanol–water partition coefficient (Wildman–Crippen LogP) is 4.26. The molecular formula is C24H31NO5. The molecule has 0 fully saturated rings. The lowest BCUT2D eigenvalue weighted by Gasteiger charge is -2.39. The maximum absolute atomic E-state index is 13.3. The third-order valence-corrected chi connectivity index (χ3v) is 5.54. The topological polar surface area (TPSA) is 73.9 Å². The molecule has 0 saturated heterocycles. The molecule has 0 amide bonds. The van der Waals surface area contributed by atoms with E-state index in [1.165, 1.54) is 0 Å². The molecule has 0 spiro atoms. The first-order valence-electron chi connectivity index (χ1n) is 10.2. The van der Waals surface area contributed by atoms with E-state index in [0.717, 1.165) is 17.7 Å². The molecule has 0 aromatic heterocycles. The van der Waals surface area contributed by atoms with Crippen LogP contribution >= 0.6 is 0 Å². The van der Waals surface area contributed by atoms with Gasteiger partial charge in [0.05, 0.1) is 25.9 Å². The van der Waals surface area contributed by atoms with E-state index in [2.05, 4.69) is 19.2 Å². The minimum absolute atomic E-state index is 0.0517. The molecule has 1 N–H and O–H groups in total. The SMILES string of the molecule is COc1ccc([C@H]2C(C(=O)OC(C)C)=C(C)NC3=C2C(=O)CC(C)(C)C3)cc1OC. The molecule has 1 aromatic rings. The van der Waals surface area contributed by atoms with Gasteiger partial charge in [-0.3, -0.25) is 4.79 Å². The second-order valence-corrected chi connectivity index (χ2v) is 9.00. The van der Waals surface area contributed by atoms with E-state index in [1.807, 2.05) is 32.9 Å². The Balaban J connectivity index is 2.20. The van der Waals surface area contributed by atoms with Gasteiger partial charge in [0, 0.05) is 29.3 Å². The number of ether oxygens (including phenoxy) is 3. The second kappa shape index (κ2) is 8.17. The van der Waals surface area contributed by atoms with Crippen LogP contribution in [-0.4, -0.2) is 32.1 Å². The molecule has 6 nitrogen and oxygen atoms in total. The van der Waals surface area contributed by atoms with Crippen LogP contribution < -0.4 is 14.8 Å². The average molecular weight is 414 g/mol. The number of allylic oxidation sites excluding steroid dienone is 3. The minimum atomic E-state index is -0.518. The van der Waals surface area contributed by atoms with Gasteiger partial charge in [-0.15, -0.1) is 0 Å². The molecule has 1 atom stereocenters. The number of hydrogen-bond acceptors (Lipinski definition) is 6. The Bertz CT molecular complexity index is 939. The van der Waals surface area contributed by atoms with Gasteiger partial charge >= 0.3 is 5.97 Å². The van der Waals surface area contributed by atoms with Crippen LogP contribution in [0.5, 0.6) is 11.5 Å². The van der Waals surface area contributed by atoms with Crippen LogP contribution in [0.3, 0.4) is 0 Å². The number of nitrogens with one attached hydrogen (secondary N) is 1. The molecule has 0 saturated carbocycles. The Morgan fingerprint density at radius 1 is 1.13 bits per heavy atom. The molecule has 6 heteroatoms. The predicted molar refractivity (Wildman–Crippen MR) is 114 cm³/mol. The summed E-state index contributed by atoms with van der Waals surface area (Å²) in [5.74, 6) is 0.256. The molecule has 1 aliphatic carbocycles. The fraction of sp³-hybridized carbons (Fsp3) is 0.500. The summed E-state index contributed by atoms with van der Waals surface area (Å²) in [4.78, 5) is 26.4. The number of carbonyl (C=O) groups is 2. The number of methoxy groups -OCH3 is 2. The highest BCUT2D eigenvalue weighted by Crippen LogP contribution is 2.47. The zero-order valence-electron chi connectivity index (χ0n) is 18.8. The Labute approximate surface area is 178 Å². The van der Waals surface area contributed by atoms with Crippen LogP contribution in [0.4, 0.5) is 0 Å². The van der Waals surface area contributed by atoms with Gasteiger partial charge in [-0.25, -0.2) is 4.79 Å². The molecule has 1 aliphatic heterocycles. The number of benzene rings is 1. The summed E-state index contributed by atoms with van der Waals surface area (Å²) in [6.45, 7) is 9.66. The maximum Gasteiger partial charge on any atom is 0.337 e. The zero-order chi connectivity index (χ0) is 22.2. The molecule has 0 radical (unpaired) electrons. The number of esters is 1. The maximum atomic E-state index is 13.3. The molecule has 1 heterocycles. The van der Waals surface area contributed by atoms with Crippen molar-refractivity contribution in [1.82, 2.24) is 5.32 Å². The zero-order valence-corrected chi connectivity index (χ0v) is 18.8. The molecule has 1 aromatic carbocycles. The first-order valence-corrected chi connectivity index (χ1v) is 10.2. The summed E-state index contributed by atoms with van der Waals surface area (Å²) in [5.41, 5.74) is 3.36. The normalized spacial score (nSPS) is 20.7. The van der Waals surface area contributed by atoms with Gasteiger partial charge in [0.15, 0.2) is 17.3 Å². The number of rotatable bonds is 5. The molecule has 0 bridgehead atoms. The van der Waals surface area contributed by atoms with Crippen molar-refractivity contribution in [2.45, 2.75) is 59.5 Å². The molecular weight excluding hydrogens is 382 g/mol. The van der Waals surface area contributed by atoms with Crippen molar-refractivity contribution in [3.63, 3.8) is 0 Å². The number of Topliss-reactive ketones (excluding diaryl/α,β-unsaturated/α-hetero) is 1. The van der Waals surface area contributed by atoms with E-state index in [0.29, 0.717) is 34.8 Å². The molecule has 30 heavy (non-hydrogen) atoms.